The van der Waals surface area contributed by atoms with Gasteiger partial charge in [0.25, 0.3) is 0 Å². The molecule has 1 aromatic carbocycles. The molecule has 0 saturated carbocycles. The van der Waals surface area contributed by atoms with Gasteiger partial charge in [-0.3, -0.25) is 4.79 Å². The number of rotatable bonds is 4. The number of nitrogens with one attached hydrogen (secondary N) is 1. The number of benzene rings is 1. The van der Waals surface area contributed by atoms with E-state index in [1.54, 1.807) is 0 Å². The van der Waals surface area contributed by atoms with Gasteiger partial charge in [-0.15, -0.1) is 11.3 Å². The molecule has 1 amide bonds. The summed E-state index contributed by atoms with van der Waals surface area (Å²) in [5.41, 5.74) is 4.23. The maximum Gasteiger partial charge on any atom is 0.354 e. The molecule has 2 aromatic rings. The number of aromatic nitrogens is 1. The van der Waals surface area contributed by atoms with E-state index in [1.807, 2.05) is 35.7 Å². The quantitative estimate of drug-likeness (QED) is 0.876. The van der Waals surface area contributed by atoms with Crippen molar-refractivity contribution in [2.45, 2.75) is 19.4 Å². The molecule has 0 spiro atoms. The standard InChI is InChI=1S/C15H13N3O3S/c19-13-7-6-12(17-18-13)15(20)21-8-11-9-22-14(16-11)10-4-2-1-3-5-10/h1-5,9H,6-8H2,(H,18,19). The fraction of sp³-hybridized carbons (Fsp3) is 0.200. The van der Waals surface area contributed by atoms with Gasteiger partial charge in [0, 0.05) is 23.8 Å². The van der Waals surface area contributed by atoms with Gasteiger partial charge in [0.1, 0.15) is 17.3 Å². The Kier molecular flexibility index (Phi) is 4.24. The molecule has 1 aromatic heterocycles. The second kappa shape index (κ2) is 6.48. The molecule has 0 atom stereocenters. The van der Waals surface area contributed by atoms with Crippen LogP contribution in [0.25, 0.3) is 10.6 Å². The third-order valence-electron chi connectivity index (χ3n) is 3.06. The second-order valence-electron chi connectivity index (χ2n) is 4.68. The molecular formula is C15H13N3O3S. The van der Waals surface area contributed by atoms with Gasteiger partial charge < -0.3 is 4.74 Å². The van der Waals surface area contributed by atoms with Crippen molar-refractivity contribution in [3.05, 3.63) is 41.4 Å². The summed E-state index contributed by atoms with van der Waals surface area (Å²) < 4.78 is 5.18. The van der Waals surface area contributed by atoms with Crippen molar-refractivity contribution < 1.29 is 14.3 Å². The minimum atomic E-state index is -0.519. The molecule has 0 saturated heterocycles. The number of carbonyl (C=O) groups is 2. The van der Waals surface area contributed by atoms with E-state index >= 15 is 0 Å². The second-order valence-corrected chi connectivity index (χ2v) is 5.54. The third kappa shape index (κ3) is 3.37. The zero-order valence-electron chi connectivity index (χ0n) is 11.6. The molecule has 1 N–H and O–H groups in total. The predicted octanol–water partition coefficient (Wildman–Crippen LogP) is 2.12. The first kappa shape index (κ1) is 14.4. The highest BCUT2D eigenvalue weighted by molar-refractivity contribution is 7.13. The summed E-state index contributed by atoms with van der Waals surface area (Å²) in [6, 6.07) is 9.81. The van der Waals surface area contributed by atoms with Crippen molar-refractivity contribution in [2.24, 2.45) is 5.10 Å². The minimum Gasteiger partial charge on any atom is -0.455 e. The van der Waals surface area contributed by atoms with Crippen LogP contribution in [0, 0.1) is 0 Å². The molecule has 0 unspecified atom stereocenters. The Labute approximate surface area is 130 Å². The number of thiazole rings is 1. The normalized spacial score (nSPS) is 14.2. The van der Waals surface area contributed by atoms with E-state index in [9.17, 15) is 9.59 Å². The van der Waals surface area contributed by atoms with E-state index < -0.39 is 5.97 Å². The molecule has 6 nitrogen and oxygen atoms in total. The summed E-state index contributed by atoms with van der Waals surface area (Å²) in [5.74, 6) is -0.710. The Balaban J connectivity index is 1.59. The first-order valence-corrected chi connectivity index (χ1v) is 7.62. The van der Waals surface area contributed by atoms with Crippen LogP contribution in [0.5, 0.6) is 0 Å². The van der Waals surface area contributed by atoms with Crippen LogP contribution in [0.15, 0.2) is 40.8 Å². The molecule has 0 bridgehead atoms. The number of hydrogen-bond donors (Lipinski definition) is 1. The van der Waals surface area contributed by atoms with E-state index in [2.05, 4.69) is 15.5 Å². The highest BCUT2D eigenvalue weighted by atomic mass is 32.1. The molecule has 3 rings (SSSR count). The molecule has 1 aliphatic rings. The number of ether oxygens (including phenoxy) is 1. The van der Waals surface area contributed by atoms with E-state index in [1.165, 1.54) is 11.3 Å². The smallest absolute Gasteiger partial charge is 0.354 e. The summed E-state index contributed by atoms with van der Waals surface area (Å²) in [6.07, 6.45) is 0.555. The highest BCUT2D eigenvalue weighted by Gasteiger charge is 2.19. The van der Waals surface area contributed by atoms with Gasteiger partial charge in [-0.1, -0.05) is 30.3 Å². The topological polar surface area (TPSA) is 80.7 Å². The molecule has 7 heteroatoms. The van der Waals surface area contributed by atoms with Gasteiger partial charge in [0.05, 0.1) is 5.69 Å². The minimum absolute atomic E-state index is 0.0924. The van der Waals surface area contributed by atoms with Crippen molar-refractivity contribution >= 4 is 28.9 Å². The van der Waals surface area contributed by atoms with Crippen LogP contribution >= 0.6 is 11.3 Å². The molecule has 2 heterocycles. The maximum atomic E-state index is 11.8. The summed E-state index contributed by atoms with van der Waals surface area (Å²) in [4.78, 5) is 27.2. The van der Waals surface area contributed by atoms with Gasteiger partial charge in [0.15, 0.2) is 0 Å². The zero-order valence-corrected chi connectivity index (χ0v) is 12.4. The lowest BCUT2D eigenvalue weighted by atomic mass is 10.2. The van der Waals surface area contributed by atoms with Gasteiger partial charge >= 0.3 is 5.97 Å². The molecule has 112 valence electrons. The maximum absolute atomic E-state index is 11.8. The average Bonchev–Trinajstić information content (AvgIpc) is 3.03. The number of amides is 1. The monoisotopic (exact) mass is 315 g/mol. The fourth-order valence-corrected chi connectivity index (χ4v) is 2.74. The molecule has 0 radical (unpaired) electrons. The van der Waals surface area contributed by atoms with Crippen molar-refractivity contribution in [3.63, 3.8) is 0 Å². The van der Waals surface area contributed by atoms with Crippen LogP contribution in [-0.2, 0) is 20.9 Å². The van der Waals surface area contributed by atoms with Crippen molar-refractivity contribution in [3.8, 4) is 10.6 Å². The van der Waals surface area contributed by atoms with Gasteiger partial charge in [-0.2, -0.15) is 5.10 Å². The van der Waals surface area contributed by atoms with E-state index in [4.69, 9.17) is 4.74 Å². The lowest BCUT2D eigenvalue weighted by molar-refractivity contribution is -0.137. The lowest BCUT2D eigenvalue weighted by Gasteiger charge is -2.10. The number of hydrazone groups is 1. The Hall–Kier alpha value is -2.54. The predicted molar refractivity (Wildman–Crippen MR) is 82.2 cm³/mol. The molecule has 1 aliphatic heterocycles. The Bertz CT molecular complexity index is 725. The van der Waals surface area contributed by atoms with Crippen molar-refractivity contribution in [1.82, 2.24) is 10.4 Å². The van der Waals surface area contributed by atoms with Crippen LogP contribution in [0.2, 0.25) is 0 Å². The molecule has 0 aliphatic carbocycles. The average molecular weight is 315 g/mol. The van der Waals surface area contributed by atoms with E-state index in [0.29, 0.717) is 12.1 Å². The largest absolute Gasteiger partial charge is 0.455 e. The van der Waals surface area contributed by atoms with Crippen LogP contribution in [0.4, 0.5) is 0 Å². The molecular weight excluding hydrogens is 302 g/mol. The fourth-order valence-electron chi connectivity index (χ4n) is 1.93. The van der Waals surface area contributed by atoms with Gasteiger partial charge in [0.2, 0.25) is 5.91 Å². The van der Waals surface area contributed by atoms with Crippen LogP contribution < -0.4 is 5.43 Å². The van der Waals surface area contributed by atoms with Gasteiger partial charge in [-0.05, 0) is 0 Å². The number of nitrogens with zero attached hydrogens (tertiary/aromatic N) is 2. The first-order chi connectivity index (χ1) is 10.7. The molecule has 0 fully saturated rings. The Morgan fingerprint density at radius 2 is 2.09 bits per heavy atom. The number of carbonyl (C=O) groups excluding carboxylic acids is 2. The van der Waals surface area contributed by atoms with Crippen molar-refractivity contribution in [1.29, 1.82) is 0 Å². The number of esters is 1. The summed E-state index contributed by atoms with van der Waals surface area (Å²) in [7, 11) is 0. The van der Waals surface area contributed by atoms with E-state index in [-0.39, 0.29) is 24.6 Å². The van der Waals surface area contributed by atoms with Crippen LogP contribution in [0.1, 0.15) is 18.5 Å². The third-order valence-corrected chi connectivity index (χ3v) is 4.00. The summed E-state index contributed by atoms with van der Waals surface area (Å²) >= 11 is 1.50. The van der Waals surface area contributed by atoms with E-state index in [0.717, 1.165) is 10.6 Å². The first-order valence-electron chi connectivity index (χ1n) is 6.75. The Morgan fingerprint density at radius 3 is 2.82 bits per heavy atom. The van der Waals surface area contributed by atoms with Crippen molar-refractivity contribution in [2.75, 3.05) is 0 Å². The number of hydrogen-bond acceptors (Lipinski definition) is 6. The van der Waals surface area contributed by atoms with Gasteiger partial charge in [-0.25, -0.2) is 15.2 Å². The van der Waals surface area contributed by atoms with Crippen LogP contribution in [0.3, 0.4) is 0 Å². The summed E-state index contributed by atoms with van der Waals surface area (Å²) in [5, 5.41) is 6.44. The van der Waals surface area contributed by atoms with Crippen LogP contribution in [-0.4, -0.2) is 22.6 Å². The lowest BCUT2D eigenvalue weighted by Crippen LogP contribution is -2.30. The SMILES string of the molecule is O=C1CCC(C(=O)OCc2csc(-c3ccccc3)n2)=NN1. The highest BCUT2D eigenvalue weighted by Crippen LogP contribution is 2.23. The Morgan fingerprint density at radius 1 is 1.27 bits per heavy atom. The summed E-state index contributed by atoms with van der Waals surface area (Å²) in [6.45, 7) is 0.0924. The molecule has 22 heavy (non-hydrogen) atoms. The zero-order chi connectivity index (χ0) is 15.4.